The molecule has 0 aliphatic carbocycles. The van der Waals surface area contributed by atoms with E-state index in [1.165, 1.54) is 11.1 Å². The van der Waals surface area contributed by atoms with Gasteiger partial charge in [-0.05, 0) is 30.3 Å². The average Bonchev–Trinajstić information content (AvgIpc) is 3.21. The average molecular weight is 428 g/mol. The van der Waals surface area contributed by atoms with Gasteiger partial charge in [0.05, 0.1) is 16.8 Å². The van der Waals surface area contributed by atoms with Crippen LogP contribution in [-0.2, 0) is 6.42 Å². The van der Waals surface area contributed by atoms with E-state index in [1.807, 2.05) is 19.1 Å². The smallest absolute Gasteiger partial charge is 0.269 e. The Hall–Kier alpha value is -3.33. The molecule has 2 aromatic heterocycles. The Kier molecular flexibility index (Phi) is 5.45. The van der Waals surface area contributed by atoms with Crippen molar-refractivity contribution in [1.82, 2.24) is 15.3 Å². The molecule has 3 heterocycles. The van der Waals surface area contributed by atoms with E-state index in [0.717, 1.165) is 11.1 Å². The van der Waals surface area contributed by atoms with E-state index in [2.05, 4.69) is 10.4 Å². The molecule has 31 heavy (non-hydrogen) atoms. The van der Waals surface area contributed by atoms with Crippen LogP contribution < -0.4 is 11.3 Å². The number of hydrogen-bond acceptors (Lipinski definition) is 5. The normalized spacial score (nSPS) is 15.8. The molecule has 2 amide bonds. The molecule has 0 saturated carbocycles. The first-order valence-electron chi connectivity index (χ1n) is 10.0. The number of aryl methyl sites for hydroxylation is 1. The third-order valence-corrected chi connectivity index (χ3v) is 5.48. The molecule has 1 aliphatic rings. The Balaban J connectivity index is 1.63. The number of furan rings is 1. The maximum atomic E-state index is 13.3. The zero-order chi connectivity index (χ0) is 22.2. The molecule has 9 heteroatoms. The molecular weight excluding hydrogens is 406 g/mol. The summed E-state index contributed by atoms with van der Waals surface area (Å²) in [6.45, 7) is 1.98. The van der Waals surface area contributed by atoms with E-state index < -0.39 is 11.8 Å². The summed E-state index contributed by atoms with van der Waals surface area (Å²) in [7, 11) is 0. The number of carbonyl (C=O) groups excluding carboxylic acids is 2. The number of pyridine rings is 1. The summed E-state index contributed by atoms with van der Waals surface area (Å²) in [5.74, 6) is 2.53. The topological polar surface area (TPSA) is 101 Å². The van der Waals surface area contributed by atoms with Crippen molar-refractivity contribution >= 4 is 22.8 Å². The molecule has 0 bridgehead atoms. The van der Waals surface area contributed by atoms with Crippen molar-refractivity contribution in [2.24, 2.45) is 5.84 Å². The van der Waals surface area contributed by atoms with Crippen LogP contribution in [0.4, 0.5) is 8.78 Å². The summed E-state index contributed by atoms with van der Waals surface area (Å²) >= 11 is 0. The van der Waals surface area contributed by atoms with Gasteiger partial charge < -0.3 is 9.32 Å². The van der Waals surface area contributed by atoms with E-state index in [-0.39, 0.29) is 37.4 Å². The van der Waals surface area contributed by atoms with Crippen LogP contribution in [0.3, 0.4) is 0 Å². The van der Waals surface area contributed by atoms with E-state index in [4.69, 9.17) is 10.3 Å². The fourth-order valence-electron chi connectivity index (χ4n) is 3.69. The van der Waals surface area contributed by atoms with Gasteiger partial charge in [0.1, 0.15) is 11.3 Å². The summed E-state index contributed by atoms with van der Waals surface area (Å²) in [6.07, 6.45) is 1.43. The summed E-state index contributed by atoms with van der Waals surface area (Å²) < 4.78 is 32.4. The number of hydrazine groups is 1. The number of amides is 2. The third kappa shape index (κ3) is 4.13. The van der Waals surface area contributed by atoms with Crippen molar-refractivity contribution in [3.05, 3.63) is 53.4 Å². The number of carbonyl (C=O) groups is 2. The van der Waals surface area contributed by atoms with Gasteiger partial charge in [-0.3, -0.25) is 20.0 Å². The quantitative estimate of drug-likeness (QED) is 0.376. The standard InChI is InChI=1S/C22H22F2N4O3/c1-2-16-10-15-9-14(11-17(19(15)31-16)20(29)27-25)18-4-3-13(12-26-18)21(30)28-7-5-22(23,24)6-8-28/h3-4,9-12H,2,5-8,25H2,1H3,(H,27,29). The van der Waals surface area contributed by atoms with Crippen molar-refractivity contribution in [3.8, 4) is 11.3 Å². The number of aromatic nitrogens is 1. The molecule has 0 radical (unpaired) electrons. The van der Waals surface area contributed by atoms with Crippen molar-refractivity contribution in [1.29, 1.82) is 0 Å². The molecule has 0 spiro atoms. The molecule has 0 atom stereocenters. The predicted molar refractivity (Wildman–Crippen MR) is 111 cm³/mol. The van der Waals surface area contributed by atoms with Crippen LogP contribution in [0.25, 0.3) is 22.2 Å². The Labute approximate surface area is 177 Å². The first-order chi connectivity index (χ1) is 14.8. The van der Waals surface area contributed by atoms with Crippen molar-refractivity contribution < 1.29 is 22.8 Å². The number of alkyl halides is 2. The molecule has 0 unspecified atom stereocenters. The Bertz CT molecular complexity index is 1130. The monoisotopic (exact) mass is 428 g/mol. The SMILES string of the molecule is CCc1cc2cc(-c3ccc(C(=O)N4CCC(F)(F)CC4)cn3)cc(C(=O)NN)c2o1. The van der Waals surface area contributed by atoms with E-state index in [9.17, 15) is 18.4 Å². The number of fused-ring (bicyclic) bond motifs is 1. The van der Waals surface area contributed by atoms with Crippen molar-refractivity contribution in [3.63, 3.8) is 0 Å². The number of nitrogens with zero attached hydrogens (tertiary/aromatic N) is 2. The fourth-order valence-corrected chi connectivity index (χ4v) is 3.69. The van der Waals surface area contributed by atoms with Gasteiger partial charge >= 0.3 is 0 Å². The zero-order valence-electron chi connectivity index (χ0n) is 17.0. The maximum Gasteiger partial charge on any atom is 0.269 e. The van der Waals surface area contributed by atoms with Gasteiger partial charge in [-0.15, -0.1) is 0 Å². The molecule has 3 aromatic rings. The Morgan fingerprint density at radius 1 is 1.23 bits per heavy atom. The van der Waals surface area contributed by atoms with Gasteiger partial charge in [-0.25, -0.2) is 14.6 Å². The van der Waals surface area contributed by atoms with Crippen molar-refractivity contribution in [2.75, 3.05) is 13.1 Å². The number of nitrogen functional groups attached to an aromatic ring is 1. The number of halogens is 2. The number of hydrogen-bond donors (Lipinski definition) is 2. The number of nitrogens with two attached hydrogens (primary N) is 1. The maximum absolute atomic E-state index is 13.3. The minimum Gasteiger partial charge on any atom is -0.460 e. The number of benzene rings is 1. The first kappa shape index (κ1) is 20.9. The molecular formula is C22H22F2N4O3. The number of nitrogens with one attached hydrogen (secondary N) is 1. The van der Waals surface area contributed by atoms with Crippen LogP contribution in [0.15, 0.2) is 40.9 Å². The van der Waals surface area contributed by atoms with Gasteiger partial charge in [-0.2, -0.15) is 0 Å². The van der Waals surface area contributed by atoms with Gasteiger partial charge in [0.15, 0.2) is 0 Å². The number of piperidine rings is 1. The highest BCUT2D eigenvalue weighted by Crippen LogP contribution is 2.31. The van der Waals surface area contributed by atoms with E-state index in [0.29, 0.717) is 28.8 Å². The van der Waals surface area contributed by atoms with Gasteiger partial charge in [0.2, 0.25) is 0 Å². The van der Waals surface area contributed by atoms with Crippen LogP contribution >= 0.6 is 0 Å². The molecule has 1 aliphatic heterocycles. The number of rotatable bonds is 4. The predicted octanol–water partition coefficient (Wildman–Crippen LogP) is 3.53. The van der Waals surface area contributed by atoms with Gasteiger partial charge in [-0.1, -0.05) is 6.92 Å². The fraction of sp³-hybridized carbons (Fsp3) is 0.318. The third-order valence-electron chi connectivity index (χ3n) is 5.48. The number of likely N-dealkylation sites (tertiary alicyclic amines) is 1. The second kappa shape index (κ2) is 8.07. The molecule has 1 aromatic carbocycles. The molecule has 7 nitrogen and oxygen atoms in total. The summed E-state index contributed by atoms with van der Waals surface area (Å²) in [4.78, 5) is 30.6. The molecule has 1 fully saturated rings. The van der Waals surface area contributed by atoms with E-state index >= 15 is 0 Å². The minimum absolute atomic E-state index is 0.0159. The lowest BCUT2D eigenvalue weighted by atomic mass is 10.0. The van der Waals surface area contributed by atoms with Crippen LogP contribution in [0, 0.1) is 0 Å². The van der Waals surface area contributed by atoms with Gasteiger partial charge in [0, 0.05) is 49.5 Å². The lowest BCUT2D eigenvalue weighted by Gasteiger charge is -2.31. The highest BCUT2D eigenvalue weighted by molar-refractivity contribution is 6.06. The summed E-state index contributed by atoms with van der Waals surface area (Å²) in [5, 5.41) is 0.740. The summed E-state index contributed by atoms with van der Waals surface area (Å²) in [6, 6.07) is 8.61. The van der Waals surface area contributed by atoms with Crippen LogP contribution in [0.2, 0.25) is 0 Å². The van der Waals surface area contributed by atoms with Gasteiger partial charge in [0.25, 0.3) is 17.7 Å². The summed E-state index contributed by atoms with van der Waals surface area (Å²) in [5.41, 5.74) is 4.38. The second-order valence-corrected chi connectivity index (χ2v) is 7.56. The molecule has 4 rings (SSSR count). The zero-order valence-corrected chi connectivity index (χ0v) is 17.0. The first-order valence-corrected chi connectivity index (χ1v) is 10.0. The van der Waals surface area contributed by atoms with Crippen LogP contribution in [0.5, 0.6) is 0 Å². The largest absolute Gasteiger partial charge is 0.460 e. The lowest BCUT2D eigenvalue weighted by molar-refractivity contribution is -0.0494. The van der Waals surface area contributed by atoms with Crippen LogP contribution in [0.1, 0.15) is 46.2 Å². The molecule has 162 valence electrons. The Morgan fingerprint density at radius 2 is 1.97 bits per heavy atom. The van der Waals surface area contributed by atoms with Crippen LogP contribution in [-0.4, -0.2) is 40.7 Å². The Morgan fingerprint density at radius 3 is 2.58 bits per heavy atom. The molecule has 1 saturated heterocycles. The van der Waals surface area contributed by atoms with Crippen molar-refractivity contribution in [2.45, 2.75) is 32.1 Å². The molecule has 3 N–H and O–H groups in total. The van der Waals surface area contributed by atoms with E-state index in [1.54, 1.807) is 18.2 Å². The highest BCUT2D eigenvalue weighted by atomic mass is 19.3. The second-order valence-electron chi connectivity index (χ2n) is 7.56. The minimum atomic E-state index is -2.71. The lowest BCUT2D eigenvalue weighted by Crippen LogP contribution is -2.42. The highest BCUT2D eigenvalue weighted by Gasteiger charge is 2.35.